The Bertz CT molecular complexity index is 883. The monoisotopic (exact) mass is 451 g/mol. The van der Waals surface area contributed by atoms with E-state index in [1.54, 1.807) is 7.11 Å². The van der Waals surface area contributed by atoms with Crippen molar-refractivity contribution < 1.29 is 14.3 Å². The zero-order valence-corrected chi connectivity index (χ0v) is 20.0. The molecule has 0 spiro atoms. The highest BCUT2D eigenvalue weighted by Crippen LogP contribution is 2.31. The van der Waals surface area contributed by atoms with E-state index in [-0.39, 0.29) is 5.97 Å². The van der Waals surface area contributed by atoms with Gasteiger partial charge in [-0.15, -0.1) is 0 Å². The third kappa shape index (κ3) is 6.06. The molecular formula is C27H37N3O3. The van der Waals surface area contributed by atoms with Gasteiger partial charge in [0.2, 0.25) is 0 Å². The van der Waals surface area contributed by atoms with Gasteiger partial charge in [0.25, 0.3) is 0 Å². The highest BCUT2D eigenvalue weighted by molar-refractivity contribution is 5.69. The van der Waals surface area contributed by atoms with E-state index in [1.165, 1.54) is 18.4 Å². The van der Waals surface area contributed by atoms with Gasteiger partial charge in [-0.05, 0) is 43.0 Å². The average molecular weight is 452 g/mol. The number of ether oxygens (including phenoxy) is 2. The molecule has 2 aromatic carbocycles. The Labute approximate surface area is 198 Å². The summed E-state index contributed by atoms with van der Waals surface area (Å²) < 4.78 is 10.5. The van der Waals surface area contributed by atoms with E-state index in [0.29, 0.717) is 18.4 Å². The van der Waals surface area contributed by atoms with Crippen molar-refractivity contribution in [3.05, 3.63) is 60.2 Å². The minimum atomic E-state index is -0.102. The molecule has 2 atom stereocenters. The van der Waals surface area contributed by atoms with E-state index in [0.717, 1.165) is 64.4 Å². The van der Waals surface area contributed by atoms with Gasteiger partial charge >= 0.3 is 5.97 Å². The summed E-state index contributed by atoms with van der Waals surface area (Å²) in [5.41, 5.74) is 2.53. The number of rotatable bonds is 8. The van der Waals surface area contributed by atoms with E-state index in [1.807, 2.05) is 12.1 Å². The van der Waals surface area contributed by atoms with Crippen molar-refractivity contribution in [1.82, 2.24) is 9.80 Å². The van der Waals surface area contributed by atoms with E-state index >= 15 is 0 Å². The zero-order chi connectivity index (χ0) is 23.0. The number of nitrogens with zero attached hydrogens (tertiary/aromatic N) is 3. The molecule has 2 aliphatic heterocycles. The molecule has 6 nitrogen and oxygen atoms in total. The first kappa shape index (κ1) is 23.6. The number of piperidine rings is 1. The lowest BCUT2D eigenvalue weighted by Crippen LogP contribution is -2.56. The van der Waals surface area contributed by atoms with E-state index < -0.39 is 0 Å². The minimum Gasteiger partial charge on any atom is -0.495 e. The summed E-state index contributed by atoms with van der Waals surface area (Å²) in [6, 6.07) is 19.5. The first-order valence-corrected chi connectivity index (χ1v) is 12.1. The standard InChI is InChI=1S/C27H37N3O3/c1-32-26-11-7-6-10-25(26)30-18-16-29(17-19-30)24-14-15-28(20-22-8-4-3-5-9-22)21-23(24)12-13-27(31)33-2/h3-11,23-24H,12-21H2,1-2H3/t23-,24-/m0/s1. The average Bonchev–Trinajstić information content (AvgIpc) is 2.88. The van der Waals surface area contributed by atoms with Crippen LogP contribution in [0.3, 0.4) is 0 Å². The third-order valence-corrected chi connectivity index (χ3v) is 7.18. The van der Waals surface area contributed by atoms with Crippen LogP contribution in [0.2, 0.25) is 0 Å². The number of piperazine rings is 1. The molecule has 4 rings (SSSR count). The highest BCUT2D eigenvalue weighted by atomic mass is 16.5. The summed E-state index contributed by atoms with van der Waals surface area (Å²) in [5, 5.41) is 0. The first-order chi connectivity index (χ1) is 16.2. The molecule has 2 aliphatic rings. The van der Waals surface area contributed by atoms with Crippen LogP contribution < -0.4 is 9.64 Å². The Morgan fingerprint density at radius 2 is 1.67 bits per heavy atom. The van der Waals surface area contributed by atoms with Gasteiger partial charge in [0.1, 0.15) is 5.75 Å². The van der Waals surface area contributed by atoms with E-state index in [2.05, 4.69) is 57.2 Å². The van der Waals surface area contributed by atoms with Crippen LogP contribution in [-0.2, 0) is 16.1 Å². The SMILES string of the molecule is COC(=O)CC[C@H]1CN(Cc2ccccc2)CC[C@@H]1N1CCN(c2ccccc2OC)CC1. The maximum Gasteiger partial charge on any atom is 0.305 e. The second-order valence-electron chi connectivity index (χ2n) is 9.15. The van der Waals surface area contributed by atoms with Crippen LogP contribution in [0, 0.1) is 5.92 Å². The number of benzene rings is 2. The molecule has 0 N–H and O–H groups in total. The Morgan fingerprint density at radius 3 is 2.39 bits per heavy atom. The normalized spacial score (nSPS) is 22.2. The van der Waals surface area contributed by atoms with Crippen LogP contribution in [0.25, 0.3) is 0 Å². The minimum absolute atomic E-state index is 0.102. The number of esters is 1. The Kier molecular flexibility index (Phi) is 8.24. The third-order valence-electron chi connectivity index (χ3n) is 7.18. The van der Waals surface area contributed by atoms with Crippen LogP contribution in [0.4, 0.5) is 5.69 Å². The van der Waals surface area contributed by atoms with Gasteiger partial charge in [0.05, 0.1) is 19.9 Å². The lowest BCUT2D eigenvalue weighted by atomic mass is 9.86. The van der Waals surface area contributed by atoms with Crippen LogP contribution in [0.5, 0.6) is 5.75 Å². The highest BCUT2D eigenvalue weighted by Gasteiger charge is 2.35. The Morgan fingerprint density at radius 1 is 0.939 bits per heavy atom. The molecule has 0 radical (unpaired) electrons. The molecule has 0 unspecified atom stereocenters. The van der Waals surface area contributed by atoms with Gasteiger partial charge in [-0.3, -0.25) is 14.6 Å². The number of methoxy groups -OCH3 is 2. The summed E-state index contributed by atoms with van der Waals surface area (Å²) >= 11 is 0. The molecule has 0 aliphatic carbocycles. The van der Waals surface area contributed by atoms with Crippen molar-refractivity contribution in [2.75, 3.05) is 58.4 Å². The number of carbonyl (C=O) groups excluding carboxylic acids is 1. The van der Waals surface area contributed by atoms with Gasteiger partial charge in [-0.2, -0.15) is 0 Å². The number of hydrogen-bond acceptors (Lipinski definition) is 6. The van der Waals surface area contributed by atoms with Gasteiger partial charge < -0.3 is 14.4 Å². The van der Waals surface area contributed by atoms with Gasteiger partial charge in [0.15, 0.2) is 0 Å². The molecule has 6 heteroatoms. The Hall–Kier alpha value is -2.57. The largest absolute Gasteiger partial charge is 0.495 e. The van der Waals surface area contributed by atoms with Crippen molar-refractivity contribution in [2.45, 2.75) is 31.8 Å². The number of anilines is 1. The fourth-order valence-electron chi connectivity index (χ4n) is 5.44. The molecule has 2 aromatic rings. The molecule has 0 aromatic heterocycles. The fraction of sp³-hybridized carbons (Fsp3) is 0.519. The topological polar surface area (TPSA) is 45.2 Å². The van der Waals surface area contributed by atoms with Crippen LogP contribution in [0.15, 0.2) is 54.6 Å². The van der Waals surface area contributed by atoms with Crippen molar-refractivity contribution in [1.29, 1.82) is 0 Å². The lowest BCUT2D eigenvalue weighted by Gasteiger charge is -2.47. The van der Waals surface area contributed by atoms with E-state index in [9.17, 15) is 4.79 Å². The fourth-order valence-corrected chi connectivity index (χ4v) is 5.44. The summed E-state index contributed by atoms with van der Waals surface area (Å²) in [7, 11) is 3.23. The molecule has 2 saturated heterocycles. The summed E-state index contributed by atoms with van der Waals surface area (Å²) in [4.78, 5) is 19.6. The summed E-state index contributed by atoms with van der Waals surface area (Å²) in [5.74, 6) is 1.31. The quantitative estimate of drug-likeness (QED) is 0.571. The molecule has 0 saturated carbocycles. The molecule has 2 heterocycles. The smallest absolute Gasteiger partial charge is 0.305 e. The van der Waals surface area contributed by atoms with Gasteiger partial charge in [-0.1, -0.05) is 42.5 Å². The maximum absolute atomic E-state index is 11.9. The second kappa shape index (κ2) is 11.5. The number of carbonyl (C=O) groups is 1. The van der Waals surface area contributed by atoms with E-state index in [4.69, 9.17) is 9.47 Å². The van der Waals surface area contributed by atoms with Crippen molar-refractivity contribution in [2.24, 2.45) is 5.92 Å². The predicted molar refractivity (Wildman–Crippen MR) is 132 cm³/mol. The van der Waals surface area contributed by atoms with Gasteiger partial charge in [0, 0.05) is 51.7 Å². The number of likely N-dealkylation sites (tertiary alicyclic amines) is 1. The summed E-state index contributed by atoms with van der Waals surface area (Å²) in [6.07, 6.45) is 2.53. The van der Waals surface area contributed by atoms with Crippen LogP contribution in [0.1, 0.15) is 24.8 Å². The molecule has 0 amide bonds. The van der Waals surface area contributed by atoms with Crippen molar-refractivity contribution >= 4 is 11.7 Å². The maximum atomic E-state index is 11.9. The van der Waals surface area contributed by atoms with Crippen LogP contribution >= 0.6 is 0 Å². The molecule has 0 bridgehead atoms. The molecule has 178 valence electrons. The van der Waals surface area contributed by atoms with Crippen molar-refractivity contribution in [3.63, 3.8) is 0 Å². The molecule has 33 heavy (non-hydrogen) atoms. The number of hydrogen-bond donors (Lipinski definition) is 0. The second-order valence-corrected chi connectivity index (χ2v) is 9.15. The molecular weight excluding hydrogens is 414 g/mol. The predicted octanol–water partition coefficient (Wildman–Crippen LogP) is 3.66. The summed E-state index contributed by atoms with van der Waals surface area (Å²) in [6.45, 7) is 7.17. The zero-order valence-electron chi connectivity index (χ0n) is 20.0. The first-order valence-electron chi connectivity index (χ1n) is 12.1. The lowest BCUT2D eigenvalue weighted by molar-refractivity contribution is -0.141. The Balaban J connectivity index is 1.39. The van der Waals surface area contributed by atoms with Crippen molar-refractivity contribution in [3.8, 4) is 5.75 Å². The van der Waals surface area contributed by atoms with Gasteiger partial charge in [-0.25, -0.2) is 0 Å². The molecule has 2 fully saturated rings. The number of para-hydroxylation sites is 2. The van der Waals surface area contributed by atoms with Crippen LogP contribution in [-0.4, -0.2) is 75.3 Å².